The standard InChI is InChI=1S/C22H19F2NO4/c1-14-11-17(9-10-19(14)21(27)28-3)25-15(2)12-18(13-20(25)26)29-22(23,24)16-7-5-4-6-8-16/h4-13H,1-3H3. The van der Waals surface area contributed by atoms with E-state index < -0.39 is 17.6 Å². The SMILES string of the molecule is COC(=O)c1ccc(-n2c(C)cc(OC(F)(F)c3ccccc3)cc2=O)cc1C. The van der Waals surface area contributed by atoms with Gasteiger partial charge in [0.05, 0.1) is 18.2 Å². The van der Waals surface area contributed by atoms with Gasteiger partial charge in [-0.05, 0) is 49.7 Å². The average molecular weight is 399 g/mol. The molecule has 0 spiro atoms. The number of esters is 1. The van der Waals surface area contributed by atoms with Crippen molar-refractivity contribution in [3.05, 3.63) is 93.4 Å². The van der Waals surface area contributed by atoms with E-state index in [1.54, 1.807) is 38.1 Å². The van der Waals surface area contributed by atoms with Crippen LogP contribution in [0.25, 0.3) is 5.69 Å². The number of alkyl halides is 2. The third-order valence-electron chi connectivity index (χ3n) is 4.42. The lowest BCUT2D eigenvalue weighted by molar-refractivity contribution is -0.185. The topological polar surface area (TPSA) is 57.5 Å². The van der Waals surface area contributed by atoms with E-state index in [1.165, 1.54) is 42.0 Å². The summed E-state index contributed by atoms with van der Waals surface area (Å²) in [5.41, 5.74) is 1.06. The predicted molar refractivity (Wildman–Crippen MR) is 104 cm³/mol. The van der Waals surface area contributed by atoms with E-state index in [4.69, 9.17) is 9.47 Å². The van der Waals surface area contributed by atoms with Crippen LogP contribution in [0.3, 0.4) is 0 Å². The number of halogens is 2. The third kappa shape index (κ3) is 4.18. The lowest BCUT2D eigenvalue weighted by atomic mass is 10.1. The molecule has 3 aromatic rings. The first-order chi connectivity index (χ1) is 13.7. The van der Waals surface area contributed by atoms with Crippen LogP contribution < -0.4 is 10.3 Å². The van der Waals surface area contributed by atoms with Gasteiger partial charge in [-0.2, -0.15) is 8.78 Å². The Balaban J connectivity index is 1.96. The summed E-state index contributed by atoms with van der Waals surface area (Å²) >= 11 is 0. The van der Waals surface area contributed by atoms with Gasteiger partial charge < -0.3 is 9.47 Å². The molecule has 0 bridgehead atoms. The van der Waals surface area contributed by atoms with E-state index in [0.717, 1.165) is 6.07 Å². The number of methoxy groups -OCH3 is 1. The van der Waals surface area contributed by atoms with Gasteiger partial charge in [0.15, 0.2) is 0 Å². The van der Waals surface area contributed by atoms with Gasteiger partial charge in [-0.15, -0.1) is 0 Å². The molecule has 7 heteroatoms. The molecule has 0 atom stereocenters. The largest absolute Gasteiger partial charge is 0.465 e. The summed E-state index contributed by atoms with van der Waals surface area (Å²) in [7, 11) is 1.29. The molecular weight excluding hydrogens is 380 g/mol. The first-order valence-corrected chi connectivity index (χ1v) is 8.78. The minimum Gasteiger partial charge on any atom is -0.465 e. The summed E-state index contributed by atoms with van der Waals surface area (Å²) in [4.78, 5) is 24.3. The van der Waals surface area contributed by atoms with E-state index in [2.05, 4.69) is 0 Å². The number of pyridine rings is 1. The lowest BCUT2D eigenvalue weighted by Gasteiger charge is -2.19. The van der Waals surface area contributed by atoms with Crippen LogP contribution in [0.5, 0.6) is 5.75 Å². The maximum atomic E-state index is 14.4. The first-order valence-electron chi connectivity index (χ1n) is 8.78. The maximum absolute atomic E-state index is 14.4. The normalized spacial score (nSPS) is 11.2. The van der Waals surface area contributed by atoms with Gasteiger partial charge in [0.1, 0.15) is 5.75 Å². The molecule has 0 radical (unpaired) electrons. The van der Waals surface area contributed by atoms with Crippen LogP contribution in [0.15, 0.2) is 65.5 Å². The third-order valence-corrected chi connectivity index (χ3v) is 4.42. The highest BCUT2D eigenvalue weighted by Gasteiger charge is 2.34. The second kappa shape index (κ2) is 7.87. The number of benzene rings is 2. The fraction of sp³-hybridized carbons (Fsp3) is 0.182. The smallest absolute Gasteiger partial charge is 0.426 e. The summed E-state index contributed by atoms with van der Waals surface area (Å²) in [6, 6.07) is 14.3. The minimum atomic E-state index is -3.58. The molecule has 0 saturated carbocycles. The van der Waals surface area contributed by atoms with Crippen LogP contribution in [0.2, 0.25) is 0 Å². The van der Waals surface area contributed by atoms with Gasteiger partial charge in [0, 0.05) is 23.5 Å². The van der Waals surface area contributed by atoms with Crippen molar-refractivity contribution in [1.82, 2.24) is 4.57 Å². The Labute approximate surface area is 166 Å². The molecule has 1 aromatic heterocycles. The van der Waals surface area contributed by atoms with Crippen LogP contribution in [0.4, 0.5) is 8.78 Å². The molecule has 0 N–H and O–H groups in total. The van der Waals surface area contributed by atoms with Crippen molar-refractivity contribution in [3.63, 3.8) is 0 Å². The van der Waals surface area contributed by atoms with E-state index in [1.807, 2.05) is 0 Å². The number of hydrogen-bond acceptors (Lipinski definition) is 4. The fourth-order valence-corrected chi connectivity index (χ4v) is 3.03. The Morgan fingerprint density at radius 3 is 2.28 bits per heavy atom. The molecule has 29 heavy (non-hydrogen) atoms. The van der Waals surface area contributed by atoms with Gasteiger partial charge in [-0.25, -0.2) is 4.79 Å². The first kappa shape index (κ1) is 20.3. The van der Waals surface area contributed by atoms with Crippen molar-refractivity contribution in [1.29, 1.82) is 0 Å². The molecule has 0 unspecified atom stereocenters. The molecule has 0 amide bonds. The van der Waals surface area contributed by atoms with Crippen molar-refractivity contribution in [2.75, 3.05) is 7.11 Å². The molecule has 5 nitrogen and oxygen atoms in total. The zero-order chi connectivity index (χ0) is 21.2. The Kier molecular flexibility index (Phi) is 5.50. The Bertz CT molecular complexity index is 1110. The Morgan fingerprint density at radius 2 is 1.69 bits per heavy atom. The molecule has 0 aliphatic rings. The van der Waals surface area contributed by atoms with Crippen molar-refractivity contribution in [2.45, 2.75) is 20.0 Å². The second-order valence-corrected chi connectivity index (χ2v) is 6.48. The molecule has 3 rings (SSSR count). The van der Waals surface area contributed by atoms with Gasteiger partial charge in [0.2, 0.25) is 0 Å². The number of hydrogen-bond donors (Lipinski definition) is 0. The highest BCUT2D eigenvalue weighted by molar-refractivity contribution is 5.91. The fourth-order valence-electron chi connectivity index (χ4n) is 3.03. The summed E-state index contributed by atoms with van der Waals surface area (Å²) in [6.07, 6.45) is -3.58. The van der Waals surface area contributed by atoms with Crippen LogP contribution in [-0.2, 0) is 10.8 Å². The van der Waals surface area contributed by atoms with Gasteiger partial charge >= 0.3 is 12.1 Å². The molecule has 0 aliphatic carbocycles. The molecule has 0 fully saturated rings. The van der Waals surface area contributed by atoms with Crippen molar-refractivity contribution >= 4 is 5.97 Å². The zero-order valence-corrected chi connectivity index (χ0v) is 16.1. The highest BCUT2D eigenvalue weighted by atomic mass is 19.3. The van der Waals surface area contributed by atoms with Gasteiger partial charge in [0.25, 0.3) is 5.56 Å². The highest BCUT2D eigenvalue weighted by Crippen LogP contribution is 2.31. The van der Waals surface area contributed by atoms with Crippen LogP contribution in [0.1, 0.15) is 27.2 Å². The average Bonchev–Trinajstić information content (AvgIpc) is 2.67. The predicted octanol–water partition coefficient (Wildman–Crippen LogP) is 4.37. The van der Waals surface area contributed by atoms with E-state index >= 15 is 0 Å². The number of carbonyl (C=O) groups excluding carboxylic acids is 1. The quantitative estimate of drug-likeness (QED) is 0.598. The minimum absolute atomic E-state index is 0.236. The number of carbonyl (C=O) groups is 1. The van der Waals surface area contributed by atoms with Crippen molar-refractivity contribution < 1.29 is 23.0 Å². The van der Waals surface area contributed by atoms with E-state index in [-0.39, 0.29) is 11.3 Å². The molecule has 2 aromatic carbocycles. The Hall–Kier alpha value is -3.48. The van der Waals surface area contributed by atoms with Gasteiger partial charge in [-0.1, -0.05) is 18.2 Å². The summed E-state index contributed by atoms with van der Waals surface area (Å²) in [5.74, 6) is -0.717. The van der Waals surface area contributed by atoms with Crippen LogP contribution >= 0.6 is 0 Å². The van der Waals surface area contributed by atoms with Crippen molar-refractivity contribution in [3.8, 4) is 11.4 Å². The van der Waals surface area contributed by atoms with Crippen molar-refractivity contribution in [2.24, 2.45) is 0 Å². The number of aryl methyl sites for hydroxylation is 2. The summed E-state index contributed by atoms with van der Waals surface area (Å²) < 4.78 is 39.6. The lowest BCUT2D eigenvalue weighted by Crippen LogP contribution is -2.25. The van der Waals surface area contributed by atoms with Crippen LogP contribution in [-0.4, -0.2) is 17.6 Å². The number of aromatic nitrogens is 1. The Morgan fingerprint density at radius 1 is 1.00 bits per heavy atom. The maximum Gasteiger partial charge on any atom is 0.426 e. The monoisotopic (exact) mass is 399 g/mol. The molecule has 150 valence electrons. The summed E-state index contributed by atoms with van der Waals surface area (Å²) in [6.45, 7) is 3.33. The van der Waals surface area contributed by atoms with Gasteiger partial charge in [-0.3, -0.25) is 9.36 Å². The molecule has 1 heterocycles. The van der Waals surface area contributed by atoms with E-state index in [9.17, 15) is 18.4 Å². The molecule has 0 saturated heterocycles. The number of rotatable bonds is 5. The second-order valence-electron chi connectivity index (χ2n) is 6.48. The zero-order valence-electron chi connectivity index (χ0n) is 16.1. The van der Waals surface area contributed by atoms with E-state index in [0.29, 0.717) is 22.5 Å². The van der Waals surface area contributed by atoms with Crippen LogP contribution in [0, 0.1) is 13.8 Å². The number of ether oxygens (including phenoxy) is 2. The summed E-state index contributed by atoms with van der Waals surface area (Å²) in [5, 5.41) is 0. The molecule has 0 aliphatic heterocycles. The number of nitrogens with zero attached hydrogens (tertiary/aromatic N) is 1. The molecular formula is C22H19F2NO4.